The number of urea groups is 1. The molecule has 0 aromatic carbocycles. The summed E-state index contributed by atoms with van der Waals surface area (Å²) >= 11 is 0. The molecule has 0 aromatic heterocycles. The molecule has 1 atom stereocenters. The van der Waals surface area contributed by atoms with E-state index in [2.05, 4.69) is 20.9 Å². The Hall–Kier alpha value is -1.14. The summed E-state index contributed by atoms with van der Waals surface area (Å²) in [6, 6.07) is 0.438. The second kappa shape index (κ2) is 6.75. The van der Waals surface area contributed by atoms with E-state index < -0.39 is 0 Å². The Balaban J connectivity index is 1.42. The average Bonchev–Trinajstić information content (AvgIpc) is 3.33. The quantitative estimate of drug-likeness (QED) is 0.637. The normalized spacial score (nSPS) is 25.1. The van der Waals surface area contributed by atoms with Crippen LogP contribution in [0.4, 0.5) is 4.79 Å². The third-order valence-electron chi connectivity index (χ3n) is 4.39. The highest BCUT2D eigenvalue weighted by atomic mass is 16.2. The molecule has 0 aromatic rings. The van der Waals surface area contributed by atoms with Crippen molar-refractivity contribution in [3.63, 3.8) is 0 Å². The van der Waals surface area contributed by atoms with Crippen molar-refractivity contribution in [1.82, 2.24) is 20.9 Å². The van der Waals surface area contributed by atoms with Crippen LogP contribution in [0.15, 0.2) is 0 Å². The minimum Gasteiger partial charge on any atom is -0.335 e. The van der Waals surface area contributed by atoms with Crippen molar-refractivity contribution in [3.05, 3.63) is 0 Å². The van der Waals surface area contributed by atoms with Crippen LogP contribution in [-0.2, 0) is 4.79 Å². The van der Waals surface area contributed by atoms with Gasteiger partial charge in [-0.25, -0.2) is 4.79 Å². The van der Waals surface area contributed by atoms with E-state index in [0.717, 1.165) is 38.4 Å². The molecule has 1 unspecified atom stereocenters. The average molecular weight is 294 g/mol. The summed E-state index contributed by atoms with van der Waals surface area (Å²) in [5.41, 5.74) is 0. The first-order valence-electron chi connectivity index (χ1n) is 8.25. The van der Waals surface area contributed by atoms with Gasteiger partial charge < -0.3 is 10.6 Å². The highest BCUT2D eigenvalue weighted by Crippen LogP contribution is 2.29. The zero-order valence-electron chi connectivity index (χ0n) is 12.6. The molecular weight excluding hydrogens is 268 g/mol. The van der Waals surface area contributed by atoms with Gasteiger partial charge in [-0.15, -0.1) is 0 Å². The zero-order chi connectivity index (χ0) is 14.7. The van der Waals surface area contributed by atoms with Gasteiger partial charge in [0.15, 0.2) is 0 Å². The van der Waals surface area contributed by atoms with Crippen LogP contribution in [0.25, 0.3) is 0 Å². The standard InChI is InChI=1S/C15H26N4O2/c20-14(18-15(21)17-12-5-6-12)10-19(8-11-3-4-11)9-13-2-1-7-16-13/h11-13,16H,1-10H2,(H2,17,18,20,21). The first-order chi connectivity index (χ1) is 10.2. The summed E-state index contributed by atoms with van der Waals surface area (Å²) < 4.78 is 0. The molecule has 3 aliphatic rings. The number of nitrogens with one attached hydrogen (secondary N) is 3. The van der Waals surface area contributed by atoms with Crippen LogP contribution in [0, 0.1) is 5.92 Å². The van der Waals surface area contributed by atoms with Crippen LogP contribution >= 0.6 is 0 Å². The molecule has 3 rings (SSSR count). The fourth-order valence-electron chi connectivity index (χ4n) is 2.91. The summed E-state index contributed by atoms with van der Waals surface area (Å²) in [4.78, 5) is 25.8. The maximum Gasteiger partial charge on any atom is 0.321 e. The van der Waals surface area contributed by atoms with Gasteiger partial charge in [-0.2, -0.15) is 0 Å². The predicted octanol–water partition coefficient (Wildman–Crippen LogP) is 0.439. The molecule has 21 heavy (non-hydrogen) atoms. The Kier molecular flexibility index (Phi) is 4.75. The van der Waals surface area contributed by atoms with Crippen LogP contribution in [0.5, 0.6) is 0 Å². The minimum atomic E-state index is -0.340. The maximum absolute atomic E-state index is 12.0. The molecule has 3 N–H and O–H groups in total. The number of rotatable bonds is 7. The maximum atomic E-state index is 12.0. The Morgan fingerprint density at radius 2 is 1.90 bits per heavy atom. The SMILES string of the molecule is O=C(CN(CC1CC1)CC1CCCN1)NC(=O)NC1CC1. The van der Waals surface area contributed by atoms with Gasteiger partial charge in [0.25, 0.3) is 0 Å². The highest BCUT2D eigenvalue weighted by Gasteiger charge is 2.28. The Labute approximate surface area is 126 Å². The lowest BCUT2D eigenvalue weighted by molar-refractivity contribution is -0.121. The van der Waals surface area contributed by atoms with Gasteiger partial charge in [0.2, 0.25) is 5.91 Å². The third kappa shape index (κ3) is 5.28. The molecule has 1 saturated heterocycles. The lowest BCUT2D eigenvalue weighted by atomic mass is 10.2. The molecular formula is C15H26N4O2. The highest BCUT2D eigenvalue weighted by molar-refractivity contribution is 5.95. The van der Waals surface area contributed by atoms with Gasteiger partial charge in [0, 0.05) is 25.2 Å². The third-order valence-corrected chi connectivity index (χ3v) is 4.39. The smallest absolute Gasteiger partial charge is 0.321 e. The van der Waals surface area contributed by atoms with E-state index in [1.54, 1.807) is 0 Å². The molecule has 118 valence electrons. The number of hydrogen-bond acceptors (Lipinski definition) is 4. The molecule has 3 fully saturated rings. The van der Waals surface area contributed by atoms with Crippen molar-refractivity contribution in [2.45, 2.75) is 50.6 Å². The number of amides is 3. The van der Waals surface area contributed by atoms with Crippen molar-refractivity contribution in [3.8, 4) is 0 Å². The Bertz CT molecular complexity index is 387. The fourth-order valence-corrected chi connectivity index (χ4v) is 2.91. The van der Waals surface area contributed by atoms with E-state index in [0.29, 0.717) is 12.6 Å². The Morgan fingerprint density at radius 3 is 2.52 bits per heavy atom. The lowest BCUT2D eigenvalue weighted by Gasteiger charge is -2.25. The second-order valence-corrected chi connectivity index (χ2v) is 6.73. The van der Waals surface area contributed by atoms with Crippen molar-refractivity contribution < 1.29 is 9.59 Å². The number of imide groups is 1. The van der Waals surface area contributed by atoms with E-state index in [-0.39, 0.29) is 18.0 Å². The van der Waals surface area contributed by atoms with Crippen LogP contribution in [-0.4, -0.2) is 55.1 Å². The van der Waals surface area contributed by atoms with Gasteiger partial charge in [-0.1, -0.05) is 0 Å². The van der Waals surface area contributed by atoms with Gasteiger partial charge >= 0.3 is 6.03 Å². The summed E-state index contributed by atoms with van der Waals surface area (Å²) in [5, 5.41) is 8.71. The van der Waals surface area contributed by atoms with Crippen molar-refractivity contribution in [2.24, 2.45) is 5.92 Å². The number of hydrogen-bond donors (Lipinski definition) is 3. The van der Waals surface area contributed by atoms with E-state index in [1.165, 1.54) is 25.7 Å². The van der Waals surface area contributed by atoms with Crippen molar-refractivity contribution in [2.75, 3.05) is 26.2 Å². The van der Waals surface area contributed by atoms with Gasteiger partial charge in [-0.3, -0.25) is 15.0 Å². The molecule has 1 heterocycles. The first kappa shape index (κ1) is 14.8. The van der Waals surface area contributed by atoms with Crippen LogP contribution in [0.1, 0.15) is 38.5 Å². The predicted molar refractivity (Wildman–Crippen MR) is 79.9 cm³/mol. The molecule has 2 saturated carbocycles. The summed E-state index contributed by atoms with van der Waals surface area (Å²) in [6.07, 6.45) is 7.02. The van der Waals surface area contributed by atoms with Crippen molar-refractivity contribution >= 4 is 11.9 Å². The van der Waals surface area contributed by atoms with Crippen LogP contribution < -0.4 is 16.0 Å². The zero-order valence-corrected chi connectivity index (χ0v) is 12.6. The molecule has 6 heteroatoms. The van der Waals surface area contributed by atoms with Gasteiger partial charge in [-0.05, 0) is 51.0 Å². The second-order valence-electron chi connectivity index (χ2n) is 6.73. The number of carbonyl (C=O) groups is 2. The molecule has 0 radical (unpaired) electrons. The minimum absolute atomic E-state index is 0.188. The van der Waals surface area contributed by atoms with E-state index in [9.17, 15) is 9.59 Å². The number of carbonyl (C=O) groups excluding carboxylic acids is 2. The summed E-state index contributed by atoms with van der Waals surface area (Å²) in [6.45, 7) is 3.30. The molecule has 2 aliphatic carbocycles. The van der Waals surface area contributed by atoms with E-state index in [1.807, 2.05) is 0 Å². The van der Waals surface area contributed by atoms with Gasteiger partial charge in [0.1, 0.15) is 0 Å². The molecule has 3 amide bonds. The molecule has 0 bridgehead atoms. The lowest BCUT2D eigenvalue weighted by Crippen LogP contribution is -2.47. The summed E-state index contributed by atoms with van der Waals surface area (Å²) in [5.74, 6) is 0.561. The molecule has 6 nitrogen and oxygen atoms in total. The van der Waals surface area contributed by atoms with E-state index >= 15 is 0 Å². The first-order valence-corrected chi connectivity index (χ1v) is 8.25. The molecule has 0 spiro atoms. The number of nitrogens with zero attached hydrogens (tertiary/aromatic N) is 1. The van der Waals surface area contributed by atoms with Crippen LogP contribution in [0.3, 0.4) is 0 Å². The monoisotopic (exact) mass is 294 g/mol. The fraction of sp³-hybridized carbons (Fsp3) is 0.867. The Morgan fingerprint density at radius 1 is 1.10 bits per heavy atom. The molecule has 1 aliphatic heterocycles. The topological polar surface area (TPSA) is 73.5 Å². The largest absolute Gasteiger partial charge is 0.335 e. The van der Waals surface area contributed by atoms with Gasteiger partial charge in [0.05, 0.1) is 6.54 Å². The summed E-state index contributed by atoms with van der Waals surface area (Å²) in [7, 11) is 0. The van der Waals surface area contributed by atoms with Crippen LogP contribution in [0.2, 0.25) is 0 Å². The van der Waals surface area contributed by atoms with E-state index in [4.69, 9.17) is 0 Å². The van der Waals surface area contributed by atoms with Crippen molar-refractivity contribution in [1.29, 1.82) is 0 Å².